The molecule has 19 nitrogen and oxygen atoms in total. The summed E-state index contributed by atoms with van der Waals surface area (Å²) in [4.78, 5) is 40.9. The highest BCUT2D eigenvalue weighted by Gasteiger charge is 2.50. The lowest BCUT2D eigenvalue weighted by atomic mass is 10.1. The van der Waals surface area contributed by atoms with Crippen molar-refractivity contribution in [3.63, 3.8) is 0 Å². The van der Waals surface area contributed by atoms with E-state index in [4.69, 9.17) is 41.8 Å². The Morgan fingerprint density at radius 1 is 1.12 bits per heavy atom. The van der Waals surface area contributed by atoms with Gasteiger partial charge in [-0.05, 0) is 11.8 Å². The lowest BCUT2D eigenvalue weighted by Crippen LogP contribution is -2.32. The van der Waals surface area contributed by atoms with Gasteiger partial charge in [-0.1, -0.05) is 5.21 Å². The minimum atomic E-state index is -4.23. The Labute approximate surface area is 243 Å². The Morgan fingerprint density at radius 2 is 1.88 bits per heavy atom. The Hall–Kier alpha value is -3.34. The molecule has 23 heteroatoms. The van der Waals surface area contributed by atoms with E-state index in [1.165, 1.54) is 0 Å². The van der Waals surface area contributed by atoms with E-state index in [1.54, 1.807) is 0 Å². The van der Waals surface area contributed by atoms with E-state index in [-0.39, 0.29) is 40.5 Å². The number of halogens is 2. The molecule has 2 aliphatic rings. The predicted octanol–water partition coefficient (Wildman–Crippen LogP) is -1.65. The number of hydrogen-bond donors (Lipinski definition) is 6. The van der Waals surface area contributed by atoms with Crippen LogP contribution in [-0.2, 0) is 30.3 Å². The Bertz CT molecular complexity index is 1760. The molecule has 0 aliphatic carbocycles. The number of nitrogen functional groups attached to an aromatic ring is 2. The van der Waals surface area contributed by atoms with E-state index in [0.29, 0.717) is 0 Å². The lowest BCUT2D eigenvalue weighted by molar-refractivity contribution is -0.0493. The Balaban J connectivity index is 1.13. The van der Waals surface area contributed by atoms with Gasteiger partial charge in [0.15, 0.2) is 52.9 Å². The van der Waals surface area contributed by atoms with Crippen LogP contribution in [0.4, 0.5) is 20.5 Å². The Kier molecular flexibility index (Phi) is 7.81. The fourth-order valence-electron chi connectivity index (χ4n) is 4.87. The molecule has 0 saturated carbocycles. The van der Waals surface area contributed by atoms with Gasteiger partial charge in [-0.2, -0.15) is 9.67 Å². The van der Waals surface area contributed by atoms with Crippen molar-refractivity contribution < 1.29 is 42.4 Å². The van der Waals surface area contributed by atoms with E-state index < -0.39 is 74.7 Å². The summed E-state index contributed by atoms with van der Waals surface area (Å²) in [5.41, 5.74) is 10.7. The second kappa shape index (κ2) is 11.3. The van der Waals surface area contributed by atoms with E-state index in [0.717, 1.165) is 21.9 Å². The first-order valence-electron chi connectivity index (χ1n) is 12.6. The van der Waals surface area contributed by atoms with Crippen molar-refractivity contribution in [1.29, 1.82) is 0 Å². The van der Waals surface area contributed by atoms with Crippen LogP contribution in [0.5, 0.6) is 0 Å². The summed E-state index contributed by atoms with van der Waals surface area (Å²) in [7, 11) is 0. The van der Waals surface area contributed by atoms with Gasteiger partial charge in [0.05, 0.1) is 25.6 Å². The van der Waals surface area contributed by atoms with Gasteiger partial charge >= 0.3 is 6.72 Å². The third-order valence-electron chi connectivity index (χ3n) is 6.90. The second-order valence-electron chi connectivity index (χ2n) is 9.59. The molecule has 2 saturated heterocycles. The van der Waals surface area contributed by atoms with E-state index in [2.05, 4.69) is 35.2 Å². The molecule has 6 heterocycles. The zero-order valence-corrected chi connectivity index (χ0v) is 23.3. The van der Waals surface area contributed by atoms with Crippen LogP contribution in [-0.4, -0.2) is 110 Å². The number of anilines is 2. The molecule has 8 N–H and O–H groups in total. The number of fused-ring (bicyclic) bond motifs is 2. The molecule has 0 aromatic carbocycles. The molecule has 1 unspecified atom stereocenters. The van der Waals surface area contributed by atoms with Crippen molar-refractivity contribution >= 4 is 52.6 Å². The molecule has 9 atom stereocenters. The van der Waals surface area contributed by atoms with E-state index in [9.17, 15) is 19.9 Å². The summed E-state index contributed by atoms with van der Waals surface area (Å²) < 4.78 is 54.5. The van der Waals surface area contributed by atoms with Gasteiger partial charge in [0, 0.05) is 6.42 Å². The molecular formula is C20H24F2N11O8PS. The highest BCUT2D eigenvalue weighted by molar-refractivity contribution is 8.07. The van der Waals surface area contributed by atoms with Crippen LogP contribution in [0.2, 0.25) is 0 Å². The van der Waals surface area contributed by atoms with Crippen LogP contribution in [0.1, 0.15) is 18.9 Å². The summed E-state index contributed by atoms with van der Waals surface area (Å²) in [6.07, 6.45) is -10.5. The number of aromatic nitrogens is 9. The fraction of sp³-hybridized carbons (Fsp3) is 0.550. The lowest BCUT2D eigenvalue weighted by Gasteiger charge is -2.25. The summed E-state index contributed by atoms with van der Waals surface area (Å²) in [6, 6.07) is 0. The number of aliphatic hydroxyl groups excluding tert-OH is 2. The van der Waals surface area contributed by atoms with Crippen molar-refractivity contribution in [3.8, 4) is 0 Å². The highest BCUT2D eigenvalue weighted by Crippen LogP contribution is 2.50. The van der Waals surface area contributed by atoms with Gasteiger partial charge in [0.1, 0.15) is 24.6 Å². The number of imidazole rings is 1. The normalized spacial score (nSPS) is 30.8. The molecule has 0 radical (unpaired) electrons. The molecule has 0 spiro atoms. The van der Waals surface area contributed by atoms with Gasteiger partial charge in [-0.3, -0.25) is 18.9 Å². The number of nitrogens with two attached hydrogens (primary N) is 2. The maximum Gasteiger partial charge on any atom is 0.325 e. The number of alkyl halides is 2. The molecule has 0 amide bonds. The maximum atomic E-state index is 15.3. The molecule has 43 heavy (non-hydrogen) atoms. The third-order valence-corrected chi connectivity index (χ3v) is 8.50. The minimum Gasteiger partial charge on any atom is -0.394 e. The molecular weight excluding hydrogens is 623 g/mol. The van der Waals surface area contributed by atoms with E-state index >= 15 is 8.78 Å². The van der Waals surface area contributed by atoms with Crippen molar-refractivity contribution in [1.82, 2.24) is 44.5 Å². The van der Waals surface area contributed by atoms with Gasteiger partial charge in [-0.15, -0.1) is 5.10 Å². The predicted molar refractivity (Wildman–Crippen MR) is 143 cm³/mol. The fourth-order valence-corrected chi connectivity index (χ4v) is 6.32. The summed E-state index contributed by atoms with van der Waals surface area (Å²) in [5.74, 6) is -0.223. The SMILES string of the molecule is Nc1nc2c(ncn2[C@@H]2O[C@H](CO)[C@@H](F)[C@H]2OP(O)(=S)OCC[C@H]2O[C@@H](n3nnc4c(N)ncnc43)[C@@H](F)[C@@H]2O)c(=O)[nH]1. The molecule has 6 rings (SSSR count). The van der Waals surface area contributed by atoms with Crippen LogP contribution in [0.25, 0.3) is 22.3 Å². The monoisotopic (exact) mass is 647 g/mol. The standard InChI is InChI=1S/C20H24F2N11O8PS/c21-8-7(3-34)40-19(32-5-27-11-16(32)28-20(24)29-17(11)36)13(8)41-42(37,43)38-2-1-6-12(35)9(22)18(39-6)33-15-10(30-31-33)14(23)25-4-26-15/h4-9,12-13,18-19,34-35H,1-3H2,(H,37,43)(H2,23,25,26)(H3,24,28,29,36)/t6-,7-,8-,9+,12-,13-,18-,19-,42?/m1/s1. The largest absolute Gasteiger partial charge is 0.394 e. The molecule has 0 bridgehead atoms. The van der Waals surface area contributed by atoms with Gasteiger partial charge < -0.3 is 40.6 Å². The number of rotatable bonds is 9. The maximum absolute atomic E-state index is 15.3. The quantitative estimate of drug-likeness (QED) is 0.111. The minimum absolute atomic E-state index is 0.0230. The van der Waals surface area contributed by atoms with E-state index in [1.807, 2.05) is 0 Å². The number of nitrogens with zero attached hydrogens (tertiary/aromatic N) is 8. The zero-order chi connectivity index (χ0) is 30.6. The number of H-pyrrole nitrogens is 1. The highest BCUT2D eigenvalue weighted by atomic mass is 32.5. The molecule has 4 aromatic heterocycles. The first-order valence-corrected chi connectivity index (χ1v) is 15.2. The average molecular weight is 648 g/mol. The van der Waals surface area contributed by atoms with Crippen molar-refractivity contribution in [2.24, 2.45) is 0 Å². The molecule has 2 fully saturated rings. The number of ether oxygens (including phenoxy) is 2. The van der Waals surface area contributed by atoms with Crippen molar-refractivity contribution in [3.05, 3.63) is 23.0 Å². The number of aliphatic hydroxyl groups is 2. The first-order chi connectivity index (χ1) is 20.5. The molecule has 2 aliphatic heterocycles. The van der Waals surface area contributed by atoms with Crippen LogP contribution in [0, 0.1) is 0 Å². The van der Waals surface area contributed by atoms with Crippen LogP contribution in [0.3, 0.4) is 0 Å². The summed E-state index contributed by atoms with van der Waals surface area (Å²) >= 11 is 5.07. The molecule has 232 valence electrons. The average Bonchev–Trinajstić information content (AvgIpc) is 3.71. The second-order valence-corrected chi connectivity index (χ2v) is 12.4. The zero-order valence-electron chi connectivity index (χ0n) is 21.6. The first kappa shape index (κ1) is 29.7. The van der Waals surface area contributed by atoms with Crippen LogP contribution >= 0.6 is 6.72 Å². The summed E-state index contributed by atoms with van der Waals surface area (Å²) in [6.45, 7) is -5.39. The Morgan fingerprint density at radius 3 is 2.65 bits per heavy atom. The van der Waals surface area contributed by atoms with Crippen molar-refractivity contribution in [2.75, 3.05) is 24.7 Å². The number of hydrogen-bond acceptors (Lipinski definition) is 16. The number of nitrogens with one attached hydrogen (secondary N) is 1. The van der Waals surface area contributed by atoms with Gasteiger partial charge in [0.25, 0.3) is 5.56 Å². The molecule has 4 aromatic rings. The van der Waals surface area contributed by atoms with Crippen molar-refractivity contribution in [2.45, 2.75) is 55.6 Å². The topological polar surface area (TPSA) is 270 Å². The van der Waals surface area contributed by atoms with Crippen LogP contribution < -0.4 is 17.0 Å². The van der Waals surface area contributed by atoms with Crippen LogP contribution in [0.15, 0.2) is 17.4 Å². The van der Waals surface area contributed by atoms with Gasteiger partial charge in [-0.25, -0.2) is 23.7 Å². The third kappa shape index (κ3) is 5.34. The van der Waals surface area contributed by atoms with Gasteiger partial charge in [0.2, 0.25) is 5.95 Å². The number of aromatic amines is 1. The summed E-state index contributed by atoms with van der Waals surface area (Å²) in [5, 5.41) is 27.7. The smallest absolute Gasteiger partial charge is 0.325 e.